The van der Waals surface area contributed by atoms with E-state index in [4.69, 9.17) is 50.7 Å². The lowest BCUT2D eigenvalue weighted by Gasteiger charge is -2.30. The standard InChI is InChI=1S/C43H68ClN13O8/c44-38-40(46)53-39(45)36(52-38)42(65)54-43(47)50-21-3-1-6-27-9-14-29(15-10-27)30-16-11-28(12-17-30)13-18-35(63)51-32(41(55-48)56-49)8-2-4-22-57(23-19-31(60)7-5-24-58)26-34(62)37(64)33(61)20-25-59/h9-12,14-17,31-34,37,58-62,64H,1-8,13,18-26,48-49H2,(H,51,63)(H,55,56)(H4,45,46,53)(H3,47,50,54,65). The summed E-state index contributed by atoms with van der Waals surface area (Å²) < 4.78 is 0. The van der Waals surface area contributed by atoms with Crippen LogP contribution in [0.15, 0.2) is 58.6 Å². The van der Waals surface area contributed by atoms with E-state index in [0.717, 1.165) is 41.5 Å². The number of carbonyl (C=O) groups excluding carboxylic acids is 2. The molecule has 65 heavy (non-hydrogen) atoms. The van der Waals surface area contributed by atoms with E-state index in [0.29, 0.717) is 64.6 Å². The van der Waals surface area contributed by atoms with Crippen LogP contribution >= 0.6 is 11.6 Å². The molecule has 0 saturated heterocycles. The van der Waals surface area contributed by atoms with Crippen molar-refractivity contribution in [2.45, 2.75) is 108 Å². The van der Waals surface area contributed by atoms with Crippen LogP contribution in [0.1, 0.15) is 85.8 Å². The molecule has 0 fully saturated rings. The molecule has 5 atom stereocenters. The molecule has 2 aromatic carbocycles. The van der Waals surface area contributed by atoms with Crippen molar-refractivity contribution in [1.29, 1.82) is 0 Å². The van der Waals surface area contributed by atoms with Crippen LogP contribution in [0.25, 0.3) is 11.1 Å². The van der Waals surface area contributed by atoms with Gasteiger partial charge in [-0.1, -0.05) is 60.1 Å². The van der Waals surface area contributed by atoms with E-state index in [1.54, 1.807) is 0 Å². The molecule has 0 spiro atoms. The lowest BCUT2D eigenvalue weighted by Crippen LogP contribution is -2.49. The Kier molecular flexibility index (Phi) is 24.4. The molecule has 0 bridgehead atoms. The summed E-state index contributed by atoms with van der Waals surface area (Å²) in [7, 11) is 0. The normalized spacial score (nSPS) is 14.4. The van der Waals surface area contributed by atoms with Crippen molar-refractivity contribution >= 4 is 46.8 Å². The third kappa shape index (κ3) is 19.4. The molecular formula is C43H68ClN13O8. The van der Waals surface area contributed by atoms with Gasteiger partial charge in [0.2, 0.25) is 5.91 Å². The van der Waals surface area contributed by atoms with Gasteiger partial charge < -0.3 is 69.3 Å². The number of amides is 2. The van der Waals surface area contributed by atoms with Crippen molar-refractivity contribution in [1.82, 2.24) is 30.9 Å². The molecule has 1 aromatic heterocycles. The van der Waals surface area contributed by atoms with E-state index in [9.17, 15) is 30.0 Å². The van der Waals surface area contributed by atoms with E-state index in [-0.39, 0.29) is 72.8 Å². The second kappa shape index (κ2) is 29.3. The van der Waals surface area contributed by atoms with Crippen LogP contribution in [-0.4, -0.2) is 139 Å². The molecule has 0 radical (unpaired) electrons. The van der Waals surface area contributed by atoms with E-state index >= 15 is 0 Å². The van der Waals surface area contributed by atoms with Gasteiger partial charge in [-0.2, -0.15) is 5.10 Å². The number of aliphatic hydroxyl groups excluding tert-OH is 6. The number of hydrazone groups is 1. The van der Waals surface area contributed by atoms with Crippen molar-refractivity contribution < 1.29 is 40.2 Å². The maximum absolute atomic E-state index is 13.1. The number of rotatable bonds is 29. The van der Waals surface area contributed by atoms with Gasteiger partial charge in [-0.15, -0.1) is 0 Å². The molecule has 3 aromatic rings. The van der Waals surface area contributed by atoms with Crippen LogP contribution in [0.2, 0.25) is 5.15 Å². The summed E-state index contributed by atoms with van der Waals surface area (Å²) in [6.07, 6.45) is 1.20. The van der Waals surface area contributed by atoms with Crippen LogP contribution in [0, 0.1) is 0 Å². The zero-order valence-corrected chi connectivity index (χ0v) is 37.5. The smallest absolute Gasteiger partial charge is 0.280 e. The number of aromatic nitrogens is 2. The average Bonchev–Trinajstić information content (AvgIpc) is 3.29. The van der Waals surface area contributed by atoms with Gasteiger partial charge in [0.05, 0.1) is 24.4 Å². The Hall–Kier alpha value is -5.23. The summed E-state index contributed by atoms with van der Waals surface area (Å²) in [5.41, 5.74) is 23.6. The fraction of sp³-hybridized carbons (Fsp3) is 0.535. The minimum Gasteiger partial charge on any atom is -0.396 e. The predicted molar refractivity (Wildman–Crippen MR) is 251 cm³/mol. The first-order valence-electron chi connectivity index (χ1n) is 21.8. The third-order valence-electron chi connectivity index (χ3n) is 10.7. The van der Waals surface area contributed by atoms with Gasteiger partial charge in [-0.3, -0.25) is 19.9 Å². The molecular weight excluding hydrogens is 862 g/mol. The Labute approximate surface area is 384 Å². The number of anilines is 2. The number of hydrogen-bond donors (Lipinski definition) is 14. The number of hydrogen-bond acceptors (Lipinski definition) is 17. The number of carbonyl (C=O) groups is 2. The number of aryl methyl sites for hydroxylation is 2. The zero-order valence-electron chi connectivity index (χ0n) is 36.7. The number of nitrogens with two attached hydrogens (primary N) is 5. The zero-order chi connectivity index (χ0) is 47.7. The molecule has 0 aliphatic rings. The van der Waals surface area contributed by atoms with Crippen LogP contribution in [0.5, 0.6) is 0 Å². The number of nitrogens with one attached hydrogen (secondary N) is 3. The van der Waals surface area contributed by atoms with Crippen LogP contribution in [0.3, 0.4) is 0 Å². The minimum absolute atomic E-state index is 0.0179. The third-order valence-corrected chi connectivity index (χ3v) is 11.0. The molecule has 3 rings (SSSR count). The minimum atomic E-state index is -1.46. The van der Waals surface area contributed by atoms with Gasteiger partial charge in [0.25, 0.3) is 5.91 Å². The first-order valence-corrected chi connectivity index (χ1v) is 22.1. The van der Waals surface area contributed by atoms with Crippen LogP contribution < -0.4 is 44.9 Å². The Bertz CT molecular complexity index is 1950. The Morgan fingerprint density at radius 1 is 0.769 bits per heavy atom. The molecule has 0 aliphatic carbocycles. The van der Waals surface area contributed by atoms with E-state index < -0.39 is 36.4 Å². The van der Waals surface area contributed by atoms with E-state index in [2.05, 4.69) is 60.4 Å². The largest absolute Gasteiger partial charge is 0.396 e. The fourth-order valence-corrected chi connectivity index (χ4v) is 7.06. The molecule has 0 saturated carbocycles. The van der Waals surface area contributed by atoms with Crippen molar-refractivity contribution in [3.05, 3.63) is 70.5 Å². The van der Waals surface area contributed by atoms with Gasteiger partial charge in [-0.25, -0.2) is 15.8 Å². The highest BCUT2D eigenvalue weighted by Crippen LogP contribution is 2.22. The summed E-state index contributed by atoms with van der Waals surface area (Å²) >= 11 is 5.84. The first-order chi connectivity index (χ1) is 31.2. The van der Waals surface area contributed by atoms with Crippen molar-refractivity contribution in [2.75, 3.05) is 50.9 Å². The number of guanidine groups is 1. The number of unbranched alkanes of at least 4 members (excludes halogenated alkanes) is 2. The molecule has 21 nitrogen and oxygen atoms in total. The average molecular weight is 931 g/mol. The lowest BCUT2D eigenvalue weighted by molar-refractivity contribution is -0.121. The summed E-state index contributed by atoms with van der Waals surface area (Å²) in [6.45, 7) is 0.902. The fourth-order valence-electron chi connectivity index (χ4n) is 6.93. The van der Waals surface area contributed by atoms with E-state index in [1.807, 2.05) is 29.2 Å². The Morgan fingerprint density at radius 2 is 1.43 bits per heavy atom. The maximum Gasteiger partial charge on any atom is 0.280 e. The molecule has 0 aliphatic heterocycles. The number of nitrogen functional groups attached to an aromatic ring is 2. The van der Waals surface area contributed by atoms with Gasteiger partial charge >= 0.3 is 0 Å². The highest BCUT2D eigenvalue weighted by Gasteiger charge is 2.27. The molecule has 360 valence electrons. The SMILES string of the molecule is N/N=C(\NN)C(CCCCN(CCC(O)CCCO)CC(O)C(O)C(O)CCO)NC(=O)CCc1ccc(-c2ccc(CCCCN=C(N)NC(=O)c3nc(Cl)c(N)nc3N)cc2)cc1. The molecule has 1 heterocycles. The topological polar surface area (TPSA) is 375 Å². The maximum atomic E-state index is 13.1. The molecule has 5 unspecified atom stereocenters. The van der Waals surface area contributed by atoms with Crippen LogP contribution in [-0.2, 0) is 17.6 Å². The second-order valence-electron chi connectivity index (χ2n) is 15.7. The summed E-state index contributed by atoms with van der Waals surface area (Å²) in [6, 6.07) is 15.7. The first kappa shape index (κ1) is 54.1. The Balaban J connectivity index is 1.45. The number of amidine groups is 1. The highest BCUT2D eigenvalue weighted by molar-refractivity contribution is 6.31. The number of hydrazine groups is 1. The number of nitrogens with zero attached hydrogens (tertiary/aromatic N) is 5. The molecule has 22 heteroatoms. The van der Waals surface area contributed by atoms with Gasteiger partial charge in [0.1, 0.15) is 6.10 Å². The quantitative estimate of drug-likeness (QED) is 0.0139. The Morgan fingerprint density at radius 3 is 2.05 bits per heavy atom. The molecule has 19 N–H and O–H groups in total. The molecule has 2 amide bonds. The summed E-state index contributed by atoms with van der Waals surface area (Å²) in [5, 5.41) is 68.6. The number of benzene rings is 2. The summed E-state index contributed by atoms with van der Waals surface area (Å²) in [5.74, 6) is 10.2. The van der Waals surface area contributed by atoms with Crippen molar-refractivity contribution in [3.63, 3.8) is 0 Å². The highest BCUT2D eigenvalue weighted by atomic mass is 35.5. The number of aliphatic imine (C=N–C) groups is 1. The van der Waals surface area contributed by atoms with Gasteiger partial charge in [-0.05, 0) is 99.4 Å². The summed E-state index contributed by atoms with van der Waals surface area (Å²) in [4.78, 5) is 39.2. The van der Waals surface area contributed by atoms with Crippen LogP contribution in [0.4, 0.5) is 11.6 Å². The number of halogens is 1. The monoisotopic (exact) mass is 930 g/mol. The van der Waals surface area contributed by atoms with E-state index in [1.165, 1.54) is 0 Å². The van der Waals surface area contributed by atoms with Gasteiger partial charge in [0, 0.05) is 39.3 Å². The van der Waals surface area contributed by atoms with Gasteiger partial charge in [0.15, 0.2) is 34.3 Å². The number of aliphatic hydroxyl groups is 6. The predicted octanol–water partition coefficient (Wildman–Crippen LogP) is -0.357. The van der Waals surface area contributed by atoms with Crippen molar-refractivity contribution in [3.8, 4) is 11.1 Å². The van der Waals surface area contributed by atoms with Crippen molar-refractivity contribution in [2.24, 2.45) is 27.5 Å². The lowest BCUT2D eigenvalue weighted by atomic mass is 9.99. The second-order valence-corrected chi connectivity index (χ2v) is 16.1.